The summed E-state index contributed by atoms with van der Waals surface area (Å²) in [6.45, 7) is 3.12. The van der Waals surface area contributed by atoms with Crippen LogP contribution in [0.5, 0.6) is 5.75 Å². The second kappa shape index (κ2) is 8.96. The average molecular weight is 313 g/mol. The van der Waals surface area contributed by atoms with Crippen LogP contribution in [0.3, 0.4) is 0 Å². The van der Waals surface area contributed by atoms with Crippen LogP contribution < -0.4 is 10.1 Å². The molecule has 0 aliphatic rings. The number of ether oxygens (including phenoxy) is 2. The van der Waals surface area contributed by atoms with Crippen LogP contribution in [-0.4, -0.2) is 19.6 Å². The number of hydrogen-bond donors (Lipinski definition) is 1. The predicted octanol–water partition coefficient (Wildman–Crippen LogP) is 3.09. The average Bonchev–Trinajstić information content (AvgIpc) is 2.60. The third kappa shape index (κ3) is 5.42. The number of nitrogens with one attached hydrogen (secondary N) is 1. The minimum Gasteiger partial charge on any atom is -0.484 e. The van der Waals surface area contributed by atoms with Crippen LogP contribution in [0.15, 0.2) is 48.5 Å². The minimum atomic E-state index is -0.142. The number of carbonyl (C=O) groups is 1. The van der Waals surface area contributed by atoms with Crippen LogP contribution in [0, 0.1) is 0 Å². The lowest BCUT2D eigenvalue weighted by molar-refractivity contribution is -0.123. The number of rotatable bonds is 8. The Morgan fingerprint density at radius 2 is 1.74 bits per heavy atom. The van der Waals surface area contributed by atoms with Gasteiger partial charge in [0.2, 0.25) is 0 Å². The molecular formula is C19H23NO3. The van der Waals surface area contributed by atoms with Crippen molar-refractivity contribution in [3.8, 4) is 5.75 Å². The summed E-state index contributed by atoms with van der Waals surface area (Å²) in [5, 5.41) is 2.87. The second-order valence-electron chi connectivity index (χ2n) is 5.26. The summed E-state index contributed by atoms with van der Waals surface area (Å²) in [6, 6.07) is 15.7. The molecule has 2 aromatic carbocycles. The first-order valence-electron chi connectivity index (χ1n) is 7.77. The Kier molecular flexibility index (Phi) is 6.63. The molecule has 0 aliphatic carbocycles. The maximum Gasteiger partial charge on any atom is 0.258 e. The summed E-state index contributed by atoms with van der Waals surface area (Å²) in [6.07, 6.45) is 0.988. The van der Waals surface area contributed by atoms with E-state index >= 15 is 0 Å². The third-order valence-corrected chi connectivity index (χ3v) is 3.60. The SMILES string of the molecule is CCc1ccc(OCC(=O)NCc2ccccc2COC)cc1. The molecule has 0 bridgehead atoms. The molecule has 1 amide bonds. The van der Waals surface area contributed by atoms with Crippen LogP contribution in [0.2, 0.25) is 0 Å². The smallest absolute Gasteiger partial charge is 0.258 e. The Morgan fingerprint density at radius 3 is 2.39 bits per heavy atom. The summed E-state index contributed by atoms with van der Waals surface area (Å²) >= 11 is 0. The fourth-order valence-electron chi connectivity index (χ4n) is 2.24. The minimum absolute atomic E-state index is 0.0118. The molecule has 4 heteroatoms. The van der Waals surface area contributed by atoms with Gasteiger partial charge in [-0.25, -0.2) is 0 Å². The maximum atomic E-state index is 11.9. The van der Waals surface area contributed by atoms with E-state index in [0.29, 0.717) is 18.9 Å². The van der Waals surface area contributed by atoms with Gasteiger partial charge in [-0.2, -0.15) is 0 Å². The number of benzene rings is 2. The number of aryl methyl sites for hydroxylation is 1. The summed E-state index contributed by atoms with van der Waals surface area (Å²) in [4.78, 5) is 11.9. The number of methoxy groups -OCH3 is 1. The normalized spacial score (nSPS) is 10.3. The molecule has 0 aromatic heterocycles. The summed E-state index contributed by atoms with van der Waals surface area (Å²) in [7, 11) is 1.66. The van der Waals surface area contributed by atoms with Crippen molar-refractivity contribution in [1.29, 1.82) is 0 Å². The van der Waals surface area contributed by atoms with Crippen molar-refractivity contribution >= 4 is 5.91 Å². The lowest BCUT2D eigenvalue weighted by Gasteiger charge is -2.11. The van der Waals surface area contributed by atoms with E-state index in [1.165, 1.54) is 5.56 Å². The standard InChI is InChI=1S/C19H23NO3/c1-3-15-8-10-18(11-9-15)23-14-19(21)20-12-16-6-4-5-7-17(16)13-22-2/h4-11H,3,12-14H2,1-2H3,(H,20,21). The highest BCUT2D eigenvalue weighted by Gasteiger charge is 2.06. The molecule has 1 N–H and O–H groups in total. The van der Waals surface area contributed by atoms with Crippen LogP contribution in [0.4, 0.5) is 0 Å². The van der Waals surface area contributed by atoms with Crippen molar-refractivity contribution in [1.82, 2.24) is 5.32 Å². The van der Waals surface area contributed by atoms with E-state index in [4.69, 9.17) is 9.47 Å². The first-order chi connectivity index (χ1) is 11.2. The Hall–Kier alpha value is -2.33. The van der Waals surface area contributed by atoms with Gasteiger partial charge in [-0.1, -0.05) is 43.3 Å². The molecule has 0 atom stereocenters. The van der Waals surface area contributed by atoms with E-state index in [-0.39, 0.29) is 12.5 Å². The first-order valence-corrected chi connectivity index (χ1v) is 7.77. The zero-order valence-electron chi connectivity index (χ0n) is 13.7. The largest absolute Gasteiger partial charge is 0.484 e. The van der Waals surface area contributed by atoms with Gasteiger partial charge in [-0.05, 0) is 35.2 Å². The molecule has 122 valence electrons. The van der Waals surface area contributed by atoms with Crippen LogP contribution in [0.25, 0.3) is 0 Å². The fraction of sp³-hybridized carbons (Fsp3) is 0.316. The molecule has 0 saturated carbocycles. The van der Waals surface area contributed by atoms with E-state index in [1.54, 1.807) is 7.11 Å². The number of carbonyl (C=O) groups excluding carboxylic acids is 1. The van der Waals surface area contributed by atoms with Crippen molar-refractivity contribution in [2.75, 3.05) is 13.7 Å². The highest BCUT2D eigenvalue weighted by molar-refractivity contribution is 5.77. The Labute approximate surface area is 137 Å². The van der Waals surface area contributed by atoms with E-state index in [2.05, 4.69) is 12.2 Å². The lowest BCUT2D eigenvalue weighted by Crippen LogP contribution is -2.28. The lowest BCUT2D eigenvalue weighted by atomic mass is 10.1. The molecule has 0 radical (unpaired) electrons. The molecule has 0 spiro atoms. The van der Waals surface area contributed by atoms with Gasteiger partial charge in [-0.15, -0.1) is 0 Å². The monoisotopic (exact) mass is 313 g/mol. The highest BCUT2D eigenvalue weighted by Crippen LogP contribution is 2.12. The van der Waals surface area contributed by atoms with Gasteiger partial charge in [0.25, 0.3) is 5.91 Å². The quantitative estimate of drug-likeness (QED) is 0.814. The molecule has 0 heterocycles. The van der Waals surface area contributed by atoms with E-state index in [9.17, 15) is 4.79 Å². The van der Waals surface area contributed by atoms with Crippen LogP contribution in [-0.2, 0) is 29.1 Å². The molecule has 2 aromatic rings. The second-order valence-corrected chi connectivity index (χ2v) is 5.26. The molecule has 0 unspecified atom stereocenters. The van der Waals surface area contributed by atoms with Crippen molar-refractivity contribution in [3.05, 3.63) is 65.2 Å². The Morgan fingerprint density at radius 1 is 1.04 bits per heavy atom. The van der Waals surface area contributed by atoms with Gasteiger partial charge in [0.05, 0.1) is 6.61 Å². The zero-order valence-corrected chi connectivity index (χ0v) is 13.7. The topological polar surface area (TPSA) is 47.6 Å². The van der Waals surface area contributed by atoms with E-state index in [0.717, 1.165) is 17.5 Å². The molecule has 0 aliphatic heterocycles. The van der Waals surface area contributed by atoms with Crippen molar-refractivity contribution in [2.24, 2.45) is 0 Å². The van der Waals surface area contributed by atoms with Crippen molar-refractivity contribution < 1.29 is 14.3 Å². The van der Waals surface area contributed by atoms with Crippen molar-refractivity contribution in [2.45, 2.75) is 26.5 Å². The summed E-state index contributed by atoms with van der Waals surface area (Å²) < 4.78 is 10.7. The van der Waals surface area contributed by atoms with Crippen LogP contribution in [0.1, 0.15) is 23.6 Å². The highest BCUT2D eigenvalue weighted by atomic mass is 16.5. The molecule has 2 rings (SSSR count). The molecule has 0 fully saturated rings. The van der Waals surface area contributed by atoms with Gasteiger partial charge in [0.1, 0.15) is 5.75 Å². The predicted molar refractivity (Wildman–Crippen MR) is 90.3 cm³/mol. The maximum absolute atomic E-state index is 11.9. The van der Waals surface area contributed by atoms with Gasteiger partial charge >= 0.3 is 0 Å². The number of amides is 1. The van der Waals surface area contributed by atoms with E-state index in [1.807, 2.05) is 48.5 Å². The van der Waals surface area contributed by atoms with Gasteiger partial charge in [0, 0.05) is 13.7 Å². The van der Waals surface area contributed by atoms with E-state index < -0.39 is 0 Å². The fourth-order valence-corrected chi connectivity index (χ4v) is 2.24. The first kappa shape index (κ1) is 17.0. The zero-order chi connectivity index (χ0) is 16.5. The summed E-state index contributed by atoms with van der Waals surface area (Å²) in [5.74, 6) is 0.564. The Balaban J connectivity index is 1.81. The Bertz CT molecular complexity index is 623. The molecule has 23 heavy (non-hydrogen) atoms. The summed E-state index contributed by atoms with van der Waals surface area (Å²) in [5.41, 5.74) is 3.37. The van der Waals surface area contributed by atoms with Crippen LogP contribution >= 0.6 is 0 Å². The molecule has 4 nitrogen and oxygen atoms in total. The van der Waals surface area contributed by atoms with Crippen molar-refractivity contribution in [3.63, 3.8) is 0 Å². The molecular weight excluding hydrogens is 290 g/mol. The molecule has 0 saturated heterocycles. The number of hydrogen-bond acceptors (Lipinski definition) is 3. The third-order valence-electron chi connectivity index (χ3n) is 3.60. The van der Waals surface area contributed by atoms with Gasteiger partial charge in [0.15, 0.2) is 6.61 Å². The van der Waals surface area contributed by atoms with Gasteiger partial charge < -0.3 is 14.8 Å². The van der Waals surface area contributed by atoms with Gasteiger partial charge in [-0.3, -0.25) is 4.79 Å².